The van der Waals surface area contributed by atoms with Gasteiger partial charge in [0.25, 0.3) is 0 Å². The van der Waals surface area contributed by atoms with E-state index in [2.05, 4.69) is 9.97 Å². The molecule has 1 aromatic heterocycles. The zero-order valence-electron chi connectivity index (χ0n) is 5.86. The lowest BCUT2D eigenvalue weighted by Crippen LogP contribution is -1.98. The Labute approximate surface area is 59.8 Å². The molecule has 0 radical (unpaired) electrons. The van der Waals surface area contributed by atoms with Crippen LogP contribution in [0, 0.1) is 0 Å². The Morgan fingerprint density at radius 2 is 2.40 bits per heavy atom. The van der Waals surface area contributed by atoms with Crippen LogP contribution in [0.15, 0.2) is 18.6 Å². The lowest BCUT2D eigenvalue weighted by atomic mass is 10.2. The van der Waals surface area contributed by atoms with Crippen LogP contribution in [0.2, 0.25) is 0 Å². The van der Waals surface area contributed by atoms with E-state index < -0.39 is 6.10 Å². The number of aliphatic hydroxyl groups excluding tert-OH is 1. The van der Waals surface area contributed by atoms with Gasteiger partial charge >= 0.3 is 0 Å². The second kappa shape index (κ2) is 3.27. The van der Waals surface area contributed by atoms with Crippen LogP contribution >= 0.6 is 0 Å². The predicted molar refractivity (Wildman–Crippen MR) is 37.3 cm³/mol. The van der Waals surface area contributed by atoms with Crippen molar-refractivity contribution in [3.05, 3.63) is 24.3 Å². The van der Waals surface area contributed by atoms with Crippen LogP contribution in [0.5, 0.6) is 0 Å². The maximum Gasteiger partial charge on any atom is 0.0972 e. The highest BCUT2D eigenvalue weighted by atomic mass is 16.3. The van der Waals surface area contributed by atoms with Crippen molar-refractivity contribution >= 4 is 0 Å². The van der Waals surface area contributed by atoms with Crippen molar-refractivity contribution in [1.29, 1.82) is 0 Å². The molecule has 0 aliphatic rings. The molecule has 0 spiro atoms. The lowest BCUT2D eigenvalue weighted by molar-refractivity contribution is 0.168. The molecule has 0 saturated carbocycles. The van der Waals surface area contributed by atoms with Crippen LogP contribution in [0.1, 0.15) is 25.1 Å². The van der Waals surface area contributed by atoms with Crippen LogP contribution in [0.25, 0.3) is 0 Å². The molecule has 0 saturated heterocycles. The molecule has 0 unspecified atom stereocenters. The smallest absolute Gasteiger partial charge is 0.0972 e. The first-order valence-electron chi connectivity index (χ1n) is 3.28. The van der Waals surface area contributed by atoms with E-state index in [-0.39, 0.29) is 0 Å². The van der Waals surface area contributed by atoms with E-state index in [9.17, 15) is 5.11 Å². The maximum atomic E-state index is 9.23. The second-order valence-corrected chi connectivity index (χ2v) is 2.05. The predicted octanol–water partition coefficient (Wildman–Crippen LogP) is 0.920. The lowest BCUT2D eigenvalue weighted by Gasteiger charge is -2.03. The van der Waals surface area contributed by atoms with Gasteiger partial charge in [-0.3, -0.25) is 9.97 Å². The second-order valence-electron chi connectivity index (χ2n) is 2.05. The van der Waals surface area contributed by atoms with E-state index >= 15 is 0 Å². The average Bonchev–Trinajstić information content (AvgIpc) is 2.05. The normalized spacial score (nSPS) is 13.0. The number of aromatic nitrogens is 2. The van der Waals surface area contributed by atoms with Gasteiger partial charge in [0.2, 0.25) is 0 Å². The van der Waals surface area contributed by atoms with Gasteiger partial charge in [0, 0.05) is 12.4 Å². The summed E-state index contributed by atoms with van der Waals surface area (Å²) in [6.07, 6.45) is 4.96. The summed E-state index contributed by atoms with van der Waals surface area (Å²) in [5, 5.41) is 9.23. The number of nitrogens with zero attached hydrogens (tertiary/aromatic N) is 2. The molecule has 0 aliphatic carbocycles. The Bertz CT molecular complexity index is 188. The third-order valence-corrected chi connectivity index (χ3v) is 1.31. The summed E-state index contributed by atoms with van der Waals surface area (Å²) in [5.74, 6) is 0. The summed E-state index contributed by atoms with van der Waals surface area (Å²) in [6, 6.07) is 0. The van der Waals surface area contributed by atoms with Gasteiger partial charge in [0.05, 0.1) is 18.0 Å². The first-order valence-corrected chi connectivity index (χ1v) is 3.28. The monoisotopic (exact) mass is 138 g/mol. The van der Waals surface area contributed by atoms with Crippen molar-refractivity contribution in [2.24, 2.45) is 0 Å². The summed E-state index contributed by atoms with van der Waals surface area (Å²) in [6.45, 7) is 1.90. The van der Waals surface area contributed by atoms with Crippen molar-refractivity contribution in [3.63, 3.8) is 0 Å². The van der Waals surface area contributed by atoms with Crippen LogP contribution in [-0.4, -0.2) is 15.1 Å². The Morgan fingerprint density at radius 1 is 1.60 bits per heavy atom. The fraction of sp³-hybridized carbons (Fsp3) is 0.429. The number of rotatable bonds is 2. The molecule has 0 amide bonds. The molecule has 1 atom stereocenters. The maximum absolute atomic E-state index is 9.23. The van der Waals surface area contributed by atoms with Gasteiger partial charge in [-0.1, -0.05) is 6.92 Å². The minimum absolute atomic E-state index is 0.464. The fourth-order valence-corrected chi connectivity index (χ4v) is 0.692. The standard InChI is InChI=1S/C7H10N2O/c1-2-7(10)6-5-8-3-4-9-6/h3-5,7,10H,2H2,1H3/t7-/m1/s1. The zero-order chi connectivity index (χ0) is 7.40. The van der Waals surface area contributed by atoms with Gasteiger partial charge in [-0.2, -0.15) is 0 Å². The van der Waals surface area contributed by atoms with Crippen molar-refractivity contribution in [1.82, 2.24) is 9.97 Å². The third-order valence-electron chi connectivity index (χ3n) is 1.31. The van der Waals surface area contributed by atoms with Crippen LogP contribution in [0.4, 0.5) is 0 Å². The van der Waals surface area contributed by atoms with E-state index in [4.69, 9.17) is 0 Å². The number of hydrogen-bond acceptors (Lipinski definition) is 3. The van der Waals surface area contributed by atoms with Gasteiger partial charge in [0.15, 0.2) is 0 Å². The molecule has 1 heterocycles. The van der Waals surface area contributed by atoms with Crippen molar-refractivity contribution in [2.45, 2.75) is 19.4 Å². The Hall–Kier alpha value is -0.960. The van der Waals surface area contributed by atoms with Crippen LogP contribution in [-0.2, 0) is 0 Å². The first kappa shape index (κ1) is 7.15. The molecule has 3 heteroatoms. The van der Waals surface area contributed by atoms with E-state index in [1.54, 1.807) is 18.6 Å². The summed E-state index contributed by atoms with van der Waals surface area (Å²) >= 11 is 0. The molecular weight excluding hydrogens is 128 g/mol. The molecule has 1 N–H and O–H groups in total. The Kier molecular flexibility index (Phi) is 2.34. The van der Waals surface area contributed by atoms with E-state index in [0.29, 0.717) is 12.1 Å². The largest absolute Gasteiger partial charge is 0.387 e. The molecule has 0 fully saturated rings. The van der Waals surface area contributed by atoms with Crippen molar-refractivity contribution in [2.75, 3.05) is 0 Å². The average molecular weight is 138 g/mol. The molecule has 0 bridgehead atoms. The summed E-state index contributed by atoms with van der Waals surface area (Å²) in [7, 11) is 0. The molecular formula is C7H10N2O. The third kappa shape index (κ3) is 1.51. The molecule has 0 aromatic carbocycles. The molecule has 54 valence electrons. The highest BCUT2D eigenvalue weighted by Gasteiger charge is 2.03. The highest BCUT2D eigenvalue weighted by Crippen LogP contribution is 2.10. The van der Waals surface area contributed by atoms with Gasteiger partial charge < -0.3 is 5.11 Å². The SMILES string of the molecule is CC[C@@H](O)c1cnccn1. The summed E-state index contributed by atoms with van der Waals surface area (Å²) in [5.41, 5.74) is 0.644. The minimum Gasteiger partial charge on any atom is -0.387 e. The molecule has 1 aromatic rings. The topological polar surface area (TPSA) is 46.0 Å². The van der Waals surface area contributed by atoms with Crippen molar-refractivity contribution < 1.29 is 5.11 Å². The zero-order valence-corrected chi connectivity index (χ0v) is 5.86. The fourth-order valence-electron chi connectivity index (χ4n) is 0.692. The van der Waals surface area contributed by atoms with Crippen LogP contribution < -0.4 is 0 Å². The molecule has 0 aliphatic heterocycles. The minimum atomic E-state index is -0.464. The number of hydrogen-bond donors (Lipinski definition) is 1. The van der Waals surface area contributed by atoms with Crippen molar-refractivity contribution in [3.8, 4) is 0 Å². The Morgan fingerprint density at radius 3 is 2.90 bits per heavy atom. The highest BCUT2D eigenvalue weighted by molar-refractivity contribution is 4.98. The van der Waals surface area contributed by atoms with E-state index in [0.717, 1.165) is 0 Å². The van der Waals surface area contributed by atoms with E-state index in [1.165, 1.54) is 0 Å². The van der Waals surface area contributed by atoms with Gasteiger partial charge in [0.1, 0.15) is 0 Å². The first-order chi connectivity index (χ1) is 4.84. The summed E-state index contributed by atoms with van der Waals surface area (Å²) in [4.78, 5) is 7.77. The van der Waals surface area contributed by atoms with E-state index in [1.807, 2.05) is 6.92 Å². The Balaban J connectivity index is 2.75. The van der Waals surface area contributed by atoms with Crippen LogP contribution in [0.3, 0.4) is 0 Å². The molecule has 3 nitrogen and oxygen atoms in total. The molecule has 1 rings (SSSR count). The molecule has 10 heavy (non-hydrogen) atoms. The quantitative estimate of drug-likeness (QED) is 0.661. The number of aliphatic hydroxyl groups is 1. The summed E-state index contributed by atoms with van der Waals surface area (Å²) < 4.78 is 0. The van der Waals surface area contributed by atoms with Gasteiger partial charge in [-0.15, -0.1) is 0 Å². The van der Waals surface area contributed by atoms with Gasteiger partial charge in [-0.25, -0.2) is 0 Å². The van der Waals surface area contributed by atoms with Gasteiger partial charge in [-0.05, 0) is 6.42 Å².